The van der Waals surface area contributed by atoms with Gasteiger partial charge < -0.3 is 5.32 Å². The van der Waals surface area contributed by atoms with Gasteiger partial charge in [0.25, 0.3) is 0 Å². The fraction of sp³-hybridized carbons (Fsp3) is 0.0286. The van der Waals surface area contributed by atoms with Gasteiger partial charge in [0.2, 0.25) is 5.96 Å². The Balaban J connectivity index is 1.38. The lowest BCUT2D eigenvalue weighted by Gasteiger charge is -2.32. The number of rotatable bonds is 2. The Morgan fingerprint density at radius 2 is 1.23 bits per heavy atom. The summed E-state index contributed by atoms with van der Waals surface area (Å²) < 4.78 is 1.29. The van der Waals surface area contributed by atoms with E-state index < -0.39 is 0 Å². The van der Waals surface area contributed by atoms with E-state index in [9.17, 15) is 0 Å². The number of hydrogen-bond acceptors (Lipinski definition) is 5. The van der Waals surface area contributed by atoms with Crippen LogP contribution in [0.15, 0.2) is 143 Å². The summed E-state index contributed by atoms with van der Waals surface area (Å²) in [5.74, 6) is 1.56. The number of thiophene rings is 1. The zero-order valence-electron chi connectivity index (χ0n) is 21.5. The number of benzene rings is 5. The first-order valence-corrected chi connectivity index (χ1v) is 14.2. The van der Waals surface area contributed by atoms with Crippen LogP contribution in [0.4, 0.5) is 11.4 Å². The Bertz CT molecular complexity index is 1940. The number of aliphatic imine (C=N–C) groups is 2. The molecule has 2 aliphatic rings. The van der Waals surface area contributed by atoms with Crippen LogP contribution in [0.5, 0.6) is 0 Å². The van der Waals surface area contributed by atoms with Gasteiger partial charge in [0.1, 0.15) is 5.84 Å². The molecule has 1 atom stereocenters. The summed E-state index contributed by atoms with van der Waals surface area (Å²) in [7, 11) is 0. The van der Waals surface area contributed by atoms with Crippen molar-refractivity contribution in [3.8, 4) is 21.6 Å². The number of guanidine groups is 1. The van der Waals surface area contributed by atoms with E-state index in [1.807, 2.05) is 47.7 Å². The van der Waals surface area contributed by atoms with Crippen LogP contribution in [0.2, 0.25) is 0 Å². The van der Waals surface area contributed by atoms with E-state index in [2.05, 4.69) is 107 Å². The first kappa shape index (κ1) is 22.9. The second-order valence-corrected chi connectivity index (χ2v) is 10.9. The van der Waals surface area contributed by atoms with E-state index in [0.29, 0.717) is 0 Å². The Morgan fingerprint density at radius 3 is 2.02 bits per heavy atom. The highest BCUT2D eigenvalue weighted by molar-refractivity contribution is 7.23. The lowest BCUT2D eigenvalue weighted by atomic mass is 9.99. The van der Waals surface area contributed by atoms with E-state index in [-0.39, 0.29) is 6.17 Å². The number of para-hydroxylation sites is 2. The molecule has 0 saturated carbocycles. The van der Waals surface area contributed by atoms with Gasteiger partial charge in [-0.1, -0.05) is 115 Å². The van der Waals surface area contributed by atoms with E-state index in [0.717, 1.165) is 34.3 Å². The van der Waals surface area contributed by atoms with Crippen LogP contribution in [-0.2, 0) is 0 Å². The number of hydrogen-bond donors (Lipinski definition) is 1. The van der Waals surface area contributed by atoms with Crippen LogP contribution in [0.3, 0.4) is 0 Å². The highest BCUT2D eigenvalue weighted by Crippen LogP contribution is 2.53. The molecule has 1 unspecified atom stereocenters. The monoisotopic (exact) mass is 532 g/mol. The summed E-state index contributed by atoms with van der Waals surface area (Å²) in [5, 5.41) is 4.91. The van der Waals surface area contributed by atoms with Crippen LogP contribution < -0.4 is 10.2 Å². The van der Waals surface area contributed by atoms with Crippen molar-refractivity contribution in [1.29, 1.82) is 0 Å². The smallest absolute Gasteiger partial charge is 0.211 e. The van der Waals surface area contributed by atoms with Gasteiger partial charge in [-0.3, -0.25) is 4.90 Å². The maximum absolute atomic E-state index is 5.25. The van der Waals surface area contributed by atoms with Crippen LogP contribution >= 0.6 is 11.3 Å². The van der Waals surface area contributed by atoms with E-state index >= 15 is 0 Å². The maximum Gasteiger partial charge on any atom is 0.211 e. The molecule has 5 heteroatoms. The van der Waals surface area contributed by atoms with E-state index in [1.165, 1.54) is 31.7 Å². The molecular formula is C35H24N4S. The number of nitrogens with zero attached hydrogens (tertiary/aromatic N) is 3. The fourth-order valence-electron chi connectivity index (χ4n) is 5.67. The predicted octanol–water partition coefficient (Wildman–Crippen LogP) is 8.79. The van der Waals surface area contributed by atoms with Crippen LogP contribution in [0, 0.1) is 0 Å². The summed E-state index contributed by atoms with van der Waals surface area (Å²) in [6.45, 7) is 0. The summed E-state index contributed by atoms with van der Waals surface area (Å²) in [6, 6.07) is 46.6. The third-order valence-electron chi connectivity index (χ3n) is 7.48. The molecule has 5 aromatic carbocycles. The first-order chi connectivity index (χ1) is 19.8. The Morgan fingerprint density at radius 1 is 0.600 bits per heavy atom. The molecule has 0 aliphatic carbocycles. The molecule has 0 amide bonds. The molecule has 0 fully saturated rings. The SMILES string of the molecule is c1ccc(C2=NC(c3ccccc3)N=C(N3c4ccccc4-c4sc5ccccc5c4-c4ccccc43)N2)cc1. The molecule has 1 aromatic heterocycles. The molecule has 190 valence electrons. The van der Waals surface area contributed by atoms with Crippen LogP contribution in [0.1, 0.15) is 17.3 Å². The molecular weight excluding hydrogens is 508 g/mol. The fourth-order valence-corrected chi connectivity index (χ4v) is 6.92. The van der Waals surface area contributed by atoms with Gasteiger partial charge >= 0.3 is 0 Å². The van der Waals surface area contributed by atoms with E-state index in [1.54, 1.807) is 0 Å². The summed E-state index contributed by atoms with van der Waals surface area (Å²) >= 11 is 1.85. The lowest BCUT2D eigenvalue weighted by molar-refractivity contribution is 0.750. The molecule has 6 aromatic rings. The summed E-state index contributed by atoms with van der Waals surface area (Å²) in [6.07, 6.45) is -0.370. The van der Waals surface area contributed by atoms with Gasteiger partial charge in [-0.2, -0.15) is 0 Å². The molecule has 2 aliphatic heterocycles. The van der Waals surface area contributed by atoms with Crippen molar-refractivity contribution in [2.45, 2.75) is 6.17 Å². The average Bonchev–Trinajstić information content (AvgIpc) is 3.36. The minimum absolute atomic E-state index is 0.370. The predicted molar refractivity (Wildman–Crippen MR) is 168 cm³/mol. The summed E-state index contributed by atoms with van der Waals surface area (Å²) in [4.78, 5) is 13.9. The van der Waals surface area contributed by atoms with Crippen molar-refractivity contribution >= 4 is 44.6 Å². The van der Waals surface area contributed by atoms with Crippen LogP contribution in [0.25, 0.3) is 31.7 Å². The molecule has 1 N–H and O–H groups in total. The van der Waals surface area contributed by atoms with Crippen molar-refractivity contribution in [3.05, 3.63) is 145 Å². The van der Waals surface area contributed by atoms with Gasteiger partial charge in [0.15, 0.2) is 6.17 Å². The quantitative estimate of drug-likeness (QED) is 0.242. The third-order valence-corrected chi connectivity index (χ3v) is 8.69. The molecule has 0 bridgehead atoms. The van der Waals surface area contributed by atoms with Gasteiger partial charge in [0, 0.05) is 37.2 Å². The molecule has 3 heterocycles. The molecule has 0 spiro atoms. The molecule has 8 rings (SSSR count). The van der Waals surface area contributed by atoms with Crippen molar-refractivity contribution in [3.63, 3.8) is 0 Å². The largest absolute Gasteiger partial charge is 0.310 e. The standard InChI is InChI=1S/C35H24N4S/c1-3-13-23(14-4-1)33-36-34(24-15-5-2-6-16-24)38-35(37-33)39-28-20-10-7-17-25(28)31-27-19-9-12-22-30(27)40-32(31)26-18-8-11-21-29(26)39/h1-22,33H,(H,36,37,38). The third kappa shape index (κ3) is 3.67. The van der Waals surface area contributed by atoms with Gasteiger partial charge in [0.05, 0.1) is 11.4 Å². The Hall–Kier alpha value is -5.00. The zero-order chi connectivity index (χ0) is 26.5. The Kier molecular flexibility index (Phi) is 5.35. The number of anilines is 2. The molecule has 4 nitrogen and oxygen atoms in total. The minimum atomic E-state index is -0.370. The van der Waals surface area contributed by atoms with Crippen molar-refractivity contribution in [2.75, 3.05) is 4.90 Å². The molecule has 0 radical (unpaired) electrons. The number of fused-ring (bicyclic) bond motifs is 7. The first-order valence-electron chi connectivity index (χ1n) is 13.4. The average molecular weight is 533 g/mol. The highest BCUT2D eigenvalue weighted by atomic mass is 32.1. The number of nitrogens with one attached hydrogen (secondary N) is 1. The highest BCUT2D eigenvalue weighted by Gasteiger charge is 2.32. The second-order valence-electron chi connectivity index (χ2n) is 9.88. The molecule has 0 saturated heterocycles. The van der Waals surface area contributed by atoms with Crippen molar-refractivity contribution in [2.24, 2.45) is 9.98 Å². The van der Waals surface area contributed by atoms with Crippen molar-refractivity contribution in [1.82, 2.24) is 5.32 Å². The molecule has 40 heavy (non-hydrogen) atoms. The van der Waals surface area contributed by atoms with Gasteiger partial charge in [-0.15, -0.1) is 11.3 Å². The van der Waals surface area contributed by atoms with Gasteiger partial charge in [-0.05, 0) is 23.8 Å². The minimum Gasteiger partial charge on any atom is -0.310 e. The second kappa shape index (κ2) is 9.33. The Labute approximate surface area is 236 Å². The zero-order valence-corrected chi connectivity index (χ0v) is 22.3. The topological polar surface area (TPSA) is 40.0 Å². The maximum atomic E-state index is 5.25. The summed E-state index contributed by atoms with van der Waals surface area (Å²) in [5.41, 5.74) is 7.92. The lowest BCUT2D eigenvalue weighted by Crippen LogP contribution is -2.45. The normalized spacial score (nSPS) is 15.7. The number of amidine groups is 1. The van der Waals surface area contributed by atoms with Gasteiger partial charge in [-0.25, -0.2) is 9.98 Å². The van der Waals surface area contributed by atoms with Crippen LogP contribution in [-0.4, -0.2) is 11.8 Å². The van der Waals surface area contributed by atoms with Crippen molar-refractivity contribution < 1.29 is 0 Å². The van der Waals surface area contributed by atoms with E-state index in [4.69, 9.17) is 9.98 Å².